The van der Waals surface area contributed by atoms with Crippen LogP contribution in [0.4, 0.5) is 10.1 Å². The predicted octanol–water partition coefficient (Wildman–Crippen LogP) is 3.00. The quantitative estimate of drug-likeness (QED) is 0.734. The van der Waals surface area contributed by atoms with Crippen LogP contribution in [0.15, 0.2) is 28.7 Å². The first-order valence-corrected chi connectivity index (χ1v) is 5.19. The van der Waals surface area contributed by atoms with Crippen LogP contribution in [0, 0.1) is 0 Å². The van der Waals surface area contributed by atoms with E-state index >= 15 is 0 Å². The molecule has 1 unspecified atom stereocenters. The van der Waals surface area contributed by atoms with Crippen LogP contribution in [0.1, 0.15) is 6.42 Å². The number of anilines is 1. The SMILES string of the molecule is FC1CCN(c2ccc(Br)cc2)C1. The molecule has 0 spiro atoms. The molecule has 13 heavy (non-hydrogen) atoms. The van der Waals surface area contributed by atoms with Gasteiger partial charge in [-0.1, -0.05) is 15.9 Å². The Morgan fingerprint density at radius 2 is 2.00 bits per heavy atom. The van der Waals surface area contributed by atoms with E-state index in [-0.39, 0.29) is 0 Å². The van der Waals surface area contributed by atoms with Gasteiger partial charge in [-0.15, -0.1) is 0 Å². The summed E-state index contributed by atoms with van der Waals surface area (Å²) >= 11 is 3.37. The summed E-state index contributed by atoms with van der Waals surface area (Å²) in [6, 6.07) is 8.01. The van der Waals surface area contributed by atoms with Crippen molar-refractivity contribution >= 4 is 21.6 Å². The lowest BCUT2D eigenvalue weighted by atomic mass is 10.3. The van der Waals surface area contributed by atoms with Gasteiger partial charge in [0.2, 0.25) is 0 Å². The first-order chi connectivity index (χ1) is 6.25. The minimum absolute atomic E-state index is 0.543. The Morgan fingerprint density at radius 1 is 1.31 bits per heavy atom. The van der Waals surface area contributed by atoms with Gasteiger partial charge in [-0.2, -0.15) is 0 Å². The Labute approximate surface area is 85.7 Å². The van der Waals surface area contributed by atoms with Gasteiger partial charge in [0.05, 0.1) is 0 Å². The van der Waals surface area contributed by atoms with Crippen LogP contribution >= 0.6 is 15.9 Å². The molecule has 1 aliphatic rings. The van der Waals surface area contributed by atoms with E-state index in [9.17, 15) is 4.39 Å². The third kappa shape index (κ3) is 2.02. The van der Waals surface area contributed by atoms with Gasteiger partial charge < -0.3 is 4.90 Å². The van der Waals surface area contributed by atoms with E-state index in [1.807, 2.05) is 24.3 Å². The van der Waals surface area contributed by atoms with Crippen molar-refractivity contribution < 1.29 is 4.39 Å². The van der Waals surface area contributed by atoms with Crippen LogP contribution in [0.25, 0.3) is 0 Å². The van der Waals surface area contributed by atoms with E-state index in [1.54, 1.807) is 0 Å². The lowest BCUT2D eigenvalue weighted by molar-refractivity contribution is 0.364. The molecule has 2 rings (SSSR count). The minimum Gasteiger partial charge on any atom is -0.369 e. The largest absolute Gasteiger partial charge is 0.369 e. The molecule has 1 aromatic rings. The molecule has 0 amide bonds. The molecule has 1 aliphatic heterocycles. The molecular weight excluding hydrogens is 233 g/mol. The van der Waals surface area contributed by atoms with Crippen molar-refractivity contribution in [2.24, 2.45) is 0 Å². The maximum absolute atomic E-state index is 12.9. The molecule has 1 aromatic carbocycles. The Morgan fingerprint density at radius 3 is 2.54 bits per heavy atom. The Balaban J connectivity index is 2.13. The fourth-order valence-corrected chi connectivity index (χ4v) is 1.87. The van der Waals surface area contributed by atoms with Gasteiger partial charge in [-0.05, 0) is 30.7 Å². The van der Waals surface area contributed by atoms with E-state index in [4.69, 9.17) is 0 Å². The highest BCUT2D eigenvalue weighted by Gasteiger charge is 2.21. The smallest absolute Gasteiger partial charge is 0.119 e. The standard InChI is InChI=1S/C10H11BrFN/c11-8-1-3-10(4-2-8)13-6-5-9(12)7-13/h1-4,9H,5-7H2. The number of rotatable bonds is 1. The third-order valence-electron chi connectivity index (χ3n) is 2.32. The van der Waals surface area contributed by atoms with Gasteiger partial charge in [-0.3, -0.25) is 0 Å². The van der Waals surface area contributed by atoms with Gasteiger partial charge in [0.25, 0.3) is 0 Å². The van der Waals surface area contributed by atoms with E-state index < -0.39 is 6.17 Å². The van der Waals surface area contributed by atoms with Gasteiger partial charge >= 0.3 is 0 Å². The van der Waals surface area contributed by atoms with E-state index in [2.05, 4.69) is 20.8 Å². The predicted molar refractivity (Wildman–Crippen MR) is 55.9 cm³/mol. The zero-order valence-corrected chi connectivity index (χ0v) is 8.80. The summed E-state index contributed by atoms with van der Waals surface area (Å²) in [4.78, 5) is 2.08. The summed E-state index contributed by atoms with van der Waals surface area (Å²) in [6.07, 6.45) is 0.0134. The highest BCUT2D eigenvalue weighted by atomic mass is 79.9. The third-order valence-corrected chi connectivity index (χ3v) is 2.85. The van der Waals surface area contributed by atoms with E-state index in [0.717, 1.165) is 16.7 Å². The van der Waals surface area contributed by atoms with Gasteiger partial charge in [0, 0.05) is 23.2 Å². The summed E-state index contributed by atoms with van der Waals surface area (Å²) in [7, 11) is 0. The molecule has 1 atom stereocenters. The van der Waals surface area contributed by atoms with Crippen LogP contribution in [0.2, 0.25) is 0 Å². The number of benzene rings is 1. The molecule has 0 aliphatic carbocycles. The summed E-state index contributed by atoms with van der Waals surface area (Å²) in [5.41, 5.74) is 1.11. The number of hydrogen-bond acceptors (Lipinski definition) is 1. The van der Waals surface area contributed by atoms with E-state index in [1.165, 1.54) is 0 Å². The average Bonchev–Trinajstić information content (AvgIpc) is 2.53. The molecule has 70 valence electrons. The van der Waals surface area contributed by atoms with Crippen molar-refractivity contribution in [2.75, 3.05) is 18.0 Å². The number of alkyl halides is 1. The summed E-state index contributed by atoms with van der Waals surface area (Å²) in [5, 5.41) is 0. The average molecular weight is 244 g/mol. The van der Waals surface area contributed by atoms with Crippen molar-refractivity contribution in [3.05, 3.63) is 28.7 Å². The Kier molecular flexibility index (Phi) is 2.54. The van der Waals surface area contributed by atoms with Crippen molar-refractivity contribution in [1.82, 2.24) is 0 Å². The molecule has 0 N–H and O–H groups in total. The van der Waals surface area contributed by atoms with Crippen LogP contribution in [-0.4, -0.2) is 19.3 Å². The van der Waals surface area contributed by atoms with Gasteiger partial charge in [0.1, 0.15) is 6.17 Å². The minimum atomic E-state index is -0.649. The Bertz CT molecular complexity index is 285. The van der Waals surface area contributed by atoms with E-state index in [0.29, 0.717) is 13.0 Å². The second-order valence-electron chi connectivity index (χ2n) is 3.31. The maximum Gasteiger partial charge on any atom is 0.119 e. The molecule has 1 fully saturated rings. The molecule has 1 saturated heterocycles. The first-order valence-electron chi connectivity index (χ1n) is 4.40. The highest BCUT2D eigenvalue weighted by molar-refractivity contribution is 9.10. The molecule has 0 saturated carbocycles. The molecule has 0 bridgehead atoms. The lowest BCUT2D eigenvalue weighted by Crippen LogP contribution is -2.19. The maximum atomic E-state index is 12.9. The highest BCUT2D eigenvalue weighted by Crippen LogP contribution is 2.23. The second-order valence-corrected chi connectivity index (χ2v) is 4.22. The molecule has 1 heterocycles. The monoisotopic (exact) mass is 243 g/mol. The van der Waals surface area contributed by atoms with Crippen molar-refractivity contribution in [1.29, 1.82) is 0 Å². The molecule has 3 heteroatoms. The van der Waals surface area contributed by atoms with Crippen LogP contribution in [0.3, 0.4) is 0 Å². The zero-order chi connectivity index (χ0) is 9.26. The van der Waals surface area contributed by atoms with Gasteiger partial charge in [0.15, 0.2) is 0 Å². The van der Waals surface area contributed by atoms with Crippen molar-refractivity contribution in [3.8, 4) is 0 Å². The van der Waals surface area contributed by atoms with Crippen LogP contribution < -0.4 is 4.90 Å². The topological polar surface area (TPSA) is 3.24 Å². The number of hydrogen-bond donors (Lipinski definition) is 0. The lowest BCUT2D eigenvalue weighted by Gasteiger charge is -2.17. The number of nitrogens with zero attached hydrogens (tertiary/aromatic N) is 1. The van der Waals surface area contributed by atoms with Crippen molar-refractivity contribution in [2.45, 2.75) is 12.6 Å². The normalized spacial score (nSPS) is 22.3. The number of halogens is 2. The Hall–Kier alpha value is -0.570. The molecule has 1 nitrogen and oxygen atoms in total. The first kappa shape index (κ1) is 9.00. The fourth-order valence-electron chi connectivity index (χ4n) is 1.60. The van der Waals surface area contributed by atoms with Crippen LogP contribution in [0.5, 0.6) is 0 Å². The summed E-state index contributed by atoms with van der Waals surface area (Å²) in [6.45, 7) is 1.38. The second kappa shape index (κ2) is 3.66. The molecule has 0 radical (unpaired) electrons. The molecular formula is C10H11BrFN. The van der Waals surface area contributed by atoms with Gasteiger partial charge in [-0.25, -0.2) is 4.39 Å². The molecule has 0 aromatic heterocycles. The zero-order valence-electron chi connectivity index (χ0n) is 7.21. The summed E-state index contributed by atoms with van der Waals surface area (Å²) < 4.78 is 13.9. The van der Waals surface area contributed by atoms with Crippen molar-refractivity contribution in [3.63, 3.8) is 0 Å². The summed E-state index contributed by atoms with van der Waals surface area (Å²) in [5.74, 6) is 0. The van der Waals surface area contributed by atoms with Crippen LogP contribution in [-0.2, 0) is 0 Å². The fraction of sp³-hybridized carbons (Fsp3) is 0.400.